The number of rotatable bonds is 3. The number of aromatic hydroxyl groups is 3. The van der Waals surface area contributed by atoms with Gasteiger partial charge in [0.1, 0.15) is 22.5 Å². The Balaban J connectivity index is 2.45. The Morgan fingerprint density at radius 2 is 1.54 bits per heavy atom. The Morgan fingerprint density at radius 1 is 0.846 bits per heavy atom. The second kappa shape index (κ2) is 5.81. The smallest absolute Gasteiger partial charge is 0.340 e. The van der Waals surface area contributed by atoms with Gasteiger partial charge < -0.3 is 29.9 Å². The maximum Gasteiger partial charge on any atom is 0.340 e. The molecule has 132 valence electrons. The molecule has 5 N–H and O–H groups in total. The number of hydrogen-bond donors (Lipinski definition) is 5. The van der Waals surface area contributed by atoms with Gasteiger partial charge in [0.2, 0.25) is 0 Å². The van der Waals surface area contributed by atoms with Gasteiger partial charge in [0.15, 0.2) is 22.5 Å². The van der Waals surface area contributed by atoms with E-state index in [1.54, 1.807) is 0 Å². The third-order valence-corrected chi connectivity index (χ3v) is 3.69. The highest BCUT2D eigenvalue weighted by atomic mass is 16.4. The Kier molecular flexibility index (Phi) is 3.76. The molecule has 0 unspecified atom stereocenters. The average molecular weight is 358 g/mol. The lowest BCUT2D eigenvalue weighted by Gasteiger charge is -2.10. The normalized spacial score (nSPS) is 10.8. The maximum absolute atomic E-state index is 12.3. The van der Waals surface area contributed by atoms with E-state index in [9.17, 15) is 34.8 Å². The maximum atomic E-state index is 12.3. The van der Waals surface area contributed by atoms with E-state index in [0.717, 1.165) is 18.2 Å². The van der Waals surface area contributed by atoms with Crippen LogP contribution in [0.3, 0.4) is 0 Å². The standard InChI is InChI=1S/C17H10O9/c18-8-2-1-6(3-9(8)19)12-5-11(21)14-10(20)4-7(16(22)23)13(17(24)25)15(14)26-12/h1-5,18-20H,(H,22,23)(H,24,25). The van der Waals surface area contributed by atoms with Crippen molar-refractivity contribution in [2.24, 2.45) is 0 Å². The first kappa shape index (κ1) is 16.8. The molecular weight excluding hydrogens is 348 g/mol. The predicted molar refractivity (Wildman–Crippen MR) is 86.8 cm³/mol. The summed E-state index contributed by atoms with van der Waals surface area (Å²) in [6.07, 6.45) is 0. The van der Waals surface area contributed by atoms with Crippen LogP contribution >= 0.6 is 0 Å². The summed E-state index contributed by atoms with van der Waals surface area (Å²) in [6, 6.07) is 5.09. The number of phenols is 3. The summed E-state index contributed by atoms with van der Waals surface area (Å²) in [7, 11) is 0. The van der Waals surface area contributed by atoms with Gasteiger partial charge in [0.05, 0.1) is 5.56 Å². The van der Waals surface area contributed by atoms with Crippen molar-refractivity contribution in [1.29, 1.82) is 0 Å². The van der Waals surface area contributed by atoms with Crippen molar-refractivity contribution in [2.45, 2.75) is 0 Å². The highest BCUT2D eigenvalue weighted by Crippen LogP contribution is 2.34. The molecule has 3 rings (SSSR count). The van der Waals surface area contributed by atoms with Crippen LogP contribution in [0.1, 0.15) is 20.7 Å². The van der Waals surface area contributed by atoms with Crippen LogP contribution < -0.4 is 5.43 Å². The molecule has 26 heavy (non-hydrogen) atoms. The number of carbonyl (C=O) groups is 2. The van der Waals surface area contributed by atoms with E-state index < -0.39 is 56.7 Å². The Morgan fingerprint density at radius 3 is 2.12 bits per heavy atom. The molecule has 0 bridgehead atoms. The van der Waals surface area contributed by atoms with E-state index in [0.29, 0.717) is 6.07 Å². The summed E-state index contributed by atoms with van der Waals surface area (Å²) < 4.78 is 5.39. The van der Waals surface area contributed by atoms with Crippen molar-refractivity contribution in [3.63, 3.8) is 0 Å². The van der Waals surface area contributed by atoms with E-state index in [-0.39, 0.29) is 11.3 Å². The van der Waals surface area contributed by atoms with Crippen molar-refractivity contribution in [3.8, 4) is 28.6 Å². The van der Waals surface area contributed by atoms with Gasteiger partial charge in [-0.1, -0.05) is 0 Å². The number of carboxylic acid groups (broad SMARTS) is 2. The Bertz CT molecular complexity index is 1140. The monoisotopic (exact) mass is 358 g/mol. The molecule has 0 spiro atoms. The molecule has 0 aliphatic carbocycles. The summed E-state index contributed by atoms with van der Waals surface area (Å²) in [5, 5.41) is 46.9. The highest BCUT2D eigenvalue weighted by Gasteiger charge is 2.26. The zero-order valence-electron chi connectivity index (χ0n) is 12.8. The second-order valence-corrected chi connectivity index (χ2v) is 5.31. The van der Waals surface area contributed by atoms with Crippen molar-refractivity contribution < 1.29 is 39.5 Å². The average Bonchev–Trinajstić information content (AvgIpc) is 2.55. The zero-order chi connectivity index (χ0) is 19.2. The molecule has 0 aliphatic rings. The van der Waals surface area contributed by atoms with Crippen LogP contribution in [0, 0.1) is 0 Å². The zero-order valence-corrected chi connectivity index (χ0v) is 12.8. The SMILES string of the molecule is O=C(O)c1cc(O)c2c(=O)cc(-c3ccc(O)c(O)c3)oc2c1C(=O)O. The fraction of sp³-hybridized carbons (Fsp3) is 0. The lowest BCUT2D eigenvalue weighted by Crippen LogP contribution is -2.12. The van der Waals surface area contributed by atoms with Gasteiger partial charge in [-0.2, -0.15) is 0 Å². The van der Waals surface area contributed by atoms with Crippen LogP contribution in [-0.2, 0) is 0 Å². The molecule has 0 atom stereocenters. The van der Waals surface area contributed by atoms with Crippen molar-refractivity contribution >= 4 is 22.9 Å². The summed E-state index contributed by atoms with van der Waals surface area (Å²) in [6.45, 7) is 0. The Hall–Kier alpha value is -4.01. The third kappa shape index (κ3) is 2.57. The largest absolute Gasteiger partial charge is 0.507 e. The first-order valence-electron chi connectivity index (χ1n) is 7.03. The topological polar surface area (TPSA) is 165 Å². The minimum absolute atomic E-state index is 0.121. The molecule has 0 aliphatic heterocycles. The van der Waals surface area contributed by atoms with Gasteiger partial charge >= 0.3 is 11.9 Å². The summed E-state index contributed by atoms with van der Waals surface area (Å²) >= 11 is 0. The van der Waals surface area contributed by atoms with E-state index in [2.05, 4.69) is 0 Å². The molecule has 0 saturated heterocycles. The molecule has 3 aromatic rings. The predicted octanol–water partition coefficient (Wildman–Crippen LogP) is 1.97. The molecular formula is C17H10O9. The first-order valence-corrected chi connectivity index (χ1v) is 7.03. The minimum Gasteiger partial charge on any atom is -0.507 e. The molecule has 0 amide bonds. The fourth-order valence-corrected chi connectivity index (χ4v) is 2.52. The fourth-order valence-electron chi connectivity index (χ4n) is 2.52. The van der Waals surface area contributed by atoms with E-state index in [4.69, 9.17) is 9.52 Å². The number of fused-ring (bicyclic) bond motifs is 1. The molecule has 1 heterocycles. The van der Waals surface area contributed by atoms with Crippen LogP contribution in [0.2, 0.25) is 0 Å². The number of benzene rings is 2. The van der Waals surface area contributed by atoms with Crippen LogP contribution in [0.5, 0.6) is 17.2 Å². The summed E-state index contributed by atoms with van der Waals surface area (Å²) in [5.74, 6) is -5.16. The third-order valence-electron chi connectivity index (χ3n) is 3.69. The van der Waals surface area contributed by atoms with Crippen molar-refractivity contribution in [2.75, 3.05) is 0 Å². The van der Waals surface area contributed by atoms with Gasteiger partial charge in [-0.3, -0.25) is 4.79 Å². The molecule has 0 fully saturated rings. The number of hydrogen-bond acceptors (Lipinski definition) is 7. The number of phenolic OH excluding ortho intramolecular Hbond substituents is 3. The highest BCUT2D eigenvalue weighted by molar-refractivity contribution is 6.11. The van der Waals surface area contributed by atoms with Gasteiger partial charge in [0, 0.05) is 11.6 Å². The van der Waals surface area contributed by atoms with Crippen molar-refractivity contribution in [1.82, 2.24) is 0 Å². The second-order valence-electron chi connectivity index (χ2n) is 5.31. The number of aromatic carboxylic acids is 2. The molecule has 9 nitrogen and oxygen atoms in total. The molecule has 9 heteroatoms. The van der Waals surface area contributed by atoms with Crippen LogP contribution in [-0.4, -0.2) is 37.5 Å². The van der Waals surface area contributed by atoms with Gasteiger partial charge in [-0.05, 0) is 24.3 Å². The van der Waals surface area contributed by atoms with E-state index in [1.165, 1.54) is 6.07 Å². The Labute approximate surface area is 143 Å². The van der Waals surface area contributed by atoms with Gasteiger partial charge in [-0.15, -0.1) is 0 Å². The van der Waals surface area contributed by atoms with Crippen LogP contribution in [0.25, 0.3) is 22.3 Å². The summed E-state index contributed by atoms with van der Waals surface area (Å²) in [5.41, 5.74) is -2.87. The molecule has 1 aromatic heterocycles. The number of carboxylic acids is 2. The minimum atomic E-state index is -1.67. The van der Waals surface area contributed by atoms with E-state index in [1.807, 2.05) is 0 Å². The lowest BCUT2D eigenvalue weighted by molar-refractivity contribution is 0.0652. The molecule has 0 radical (unpaired) electrons. The lowest BCUT2D eigenvalue weighted by atomic mass is 10.0. The quantitative estimate of drug-likeness (QED) is 0.440. The molecule has 0 saturated carbocycles. The van der Waals surface area contributed by atoms with Crippen LogP contribution in [0.4, 0.5) is 0 Å². The van der Waals surface area contributed by atoms with Gasteiger partial charge in [-0.25, -0.2) is 9.59 Å². The summed E-state index contributed by atoms with van der Waals surface area (Å²) in [4.78, 5) is 35.1. The first-order chi connectivity index (χ1) is 12.2. The van der Waals surface area contributed by atoms with E-state index >= 15 is 0 Å². The van der Waals surface area contributed by atoms with Crippen molar-refractivity contribution in [3.05, 3.63) is 51.7 Å². The van der Waals surface area contributed by atoms with Gasteiger partial charge in [0.25, 0.3) is 0 Å². The van der Waals surface area contributed by atoms with Crippen LogP contribution in [0.15, 0.2) is 39.5 Å². The molecule has 2 aromatic carbocycles.